The minimum atomic E-state index is -0.610. The smallest absolute Gasteiger partial charge is 0.338 e. The molecule has 1 N–H and O–H groups in total. The van der Waals surface area contributed by atoms with Crippen molar-refractivity contribution in [2.45, 2.75) is 13.5 Å². The maximum absolute atomic E-state index is 12.3. The van der Waals surface area contributed by atoms with Gasteiger partial charge in [-0.25, -0.2) is 4.79 Å². The van der Waals surface area contributed by atoms with E-state index in [4.69, 9.17) is 4.74 Å². The Balaban J connectivity index is 1.44. The number of nitrogens with zero attached hydrogens (tertiary/aromatic N) is 2. The van der Waals surface area contributed by atoms with Crippen LogP contribution in [0.15, 0.2) is 48.5 Å². The number of piperazine rings is 1. The van der Waals surface area contributed by atoms with Gasteiger partial charge in [-0.1, -0.05) is 36.4 Å². The zero-order valence-corrected chi connectivity index (χ0v) is 15.4. The summed E-state index contributed by atoms with van der Waals surface area (Å²) in [5.41, 5.74) is 2.17. The zero-order valence-electron chi connectivity index (χ0n) is 15.4. The fourth-order valence-electron chi connectivity index (χ4n) is 3.04. The van der Waals surface area contributed by atoms with Gasteiger partial charge in [-0.2, -0.15) is 0 Å². The standard InChI is InChI=1S/C21H24N2O4/c1-16-7-8-18(13-19(16)24)21(26)27-15-20(25)23-11-9-22(10-12-23)14-17-5-3-2-4-6-17/h2-8,13,24H,9-12,14-15H2,1H3. The third kappa shape index (κ3) is 5.08. The van der Waals surface area contributed by atoms with Gasteiger partial charge in [0.1, 0.15) is 5.75 Å². The Morgan fingerprint density at radius 1 is 1.04 bits per heavy atom. The van der Waals surface area contributed by atoms with Crippen molar-refractivity contribution in [2.24, 2.45) is 0 Å². The highest BCUT2D eigenvalue weighted by atomic mass is 16.5. The Morgan fingerprint density at radius 2 is 1.74 bits per heavy atom. The lowest BCUT2D eigenvalue weighted by molar-refractivity contribution is -0.136. The summed E-state index contributed by atoms with van der Waals surface area (Å²) in [4.78, 5) is 28.4. The van der Waals surface area contributed by atoms with E-state index in [1.165, 1.54) is 11.6 Å². The van der Waals surface area contributed by atoms with E-state index in [0.29, 0.717) is 18.7 Å². The molecule has 1 aliphatic rings. The molecule has 0 aliphatic carbocycles. The summed E-state index contributed by atoms with van der Waals surface area (Å²) in [6.07, 6.45) is 0. The number of phenols is 1. The number of aryl methyl sites for hydroxylation is 1. The summed E-state index contributed by atoms with van der Waals surface area (Å²) < 4.78 is 5.11. The highest BCUT2D eigenvalue weighted by Gasteiger charge is 2.22. The third-order valence-electron chi connectivity index (χ3n) is 4.75. The van der Waals surface area contributed by atoms with Crippen molar-refractivity contribution in [2.75, 3.05) is 32.8 Å². The first kappa shape index (κ1) is 18.9. The van der Waals surface area contributed by atoms with Gasteiger partial charge in [0.05, 0.1) is 5.56 Å². The summed E-state index contributed by atoms with van der Waals surface area (Å²) in [5.74, 6) is -0.772. The second-order valence-corrected chi connectivity index (χ2v) is 6.72. The van der Waals surface area contributed by atoms with Crippen LogP contribution in [0, 0.1) is 6.92 Å². The second-order valence-electron chi connectivity index (χ2n) is 6.72. The van der Waals surface area contributed by atoms with E-state index < -0.39 is 5.97 Å². The van der Waals surface area contributed by atoms with Gasteiger partial charge in [-0.15, -0.1) is 0 Å². The summed E-state index contributed by atoms with van der Waals surface area (Å²) in [6, 6.07) is 14.8. The summed E-state index contributed by atoms with van der Waals surface area (Å²) in [5, 5.41) is 9.67. The van der Waals surface area contributed by atoms with E-state index in [1.54, 1.807) is 24.0 Å². The number of amides is 1. The monoisotopic (exact) mass is 368 g/mol. The van der Waals surface area contributed by atoms with Crippen LogP contribution in [-0.4, -0.2) is 59.6 Å². The molecule has 1 heterocycles. The Bertz CT molecular complexity index is 799. The maximum Gasteiger partial charge on any atom is 0.338 e. The molecule has 2 aromatic carbocycles. The average Bonchev–Trinajstić information content (AvgIpc) is 2.69. The molecule has 1 fully saturated rings. The lowest BCUT2D eigenvalue weighted by Crippen LogP contribution is -2.49. The predicted molar refractivity (Wildman–Crippen MR) is 101 cm³/mol. The van der Waals surface area contributed by atoms with Crippen LogP contribution in [0.3, 0.4) is 0 Å². The number of rotatable bonds is 5. The first-order valence-corrected chi connectivity index (χ1v) is 9.04. The molecule has 27 heavy (non-hydrogen) atoms. The number of hydrogen-bond acceptors (Lipinski definition) is 5. The van der Waals surface area contributed by atoms with Gasteiger partial charge in [0.25, 0.3) is 5.91 Å². The molecule has 6 heteroatoms. The van der Waals surface area contributed by atoms with Gasteiger partial charge < -0.3 is 14.7 Å². The van der Waals surface area contributed by atoms with Gasteiger partial charge in [0, 0.05) is 32.7 Å². The summed E-state index contributed by atoms with van der Waals surface area (Å²) >= 11 is 0. The van der Waals surface area contributed by atoms with Crippen molar-refractivity contribution >= 4 is 11.9 Å². The van der Waals surface area contributed by atoms with Crippen molar-refractivity contribution < 1.29 is 19.4 Å². The number of aromatic hydroxyl groups is 1. The van der Waals surface area contributed by atoms with Crippen molar-refractivity contribution in [1.29, 1.82) is 0 Å². The number of ether oxygens (including phenoxy) is 1. The number of carbonyl (C=O) groups is 2. The molecule has 0 bridgehead atoms. The van der Waals surface area contributed by atoms with Crippen LogP contribution in [0.4, 0.5) is 0 Å². The van der Waals surface area contributed by atoms with Crippen molar-refractivity contribution in [1.82, 2.24) is 9.80 Å². The van der Waals surface area contributed by atoms with Crippen LogP contribution in [0.25, 0.3) is 0 Å². The van der Waals surface area contributed by atoms with Gasteiger partial charge in [0.15, 0.2) is 6.61 Å². The summed E-state index contributed by atoms with van der Waals surface area (Å²) in [7, 11) is 0. The largest absolute Gasteiger partial charge is 0.508 e. The number of esters is 1. The van der Waals surface area contributed by atoms with Crippen LogP contribution < -0.4 is 0 Å². The van der Waals surface area contributed by atoms with Crippen LogP contribution in [-0.2, 0) is 16.1 Å². The molecule has 0 atom stereocenters. The highest BCUT2D eigenvalue weighted by Crippen LogP contribution is 2.18. The molecule has 3 rings (SSSR count). The van der Waals surface area contributed by atoms with E-state index in [2.05, 4.69) is 17.0 Å². The molecule has 6 nitrogen and oxygen atoms in total. The van der Waals surface area contributed by atoms with Gasteiger partial charge in [-0.3, -0.25) is 9.69 Å². The molecule has 1 saturated heterocycles. The summed E-state index contributed by atoms with van der Waals surface area (Å²) in [6.45, 7) is 5.15. The first-order valence-electron chi connectivity index (χ1n) is 9.04. The SMILES string of the molecule is Cc1ccc(C(=O)OCC(=O)N2CCN(Cc3ccccc3)CC2)cc1O. The lowest BCUT2D eigenvalue weighted by atomic mass is 10.1. The lowest BCUT2D eigenvalue weighted by Gasteiger charge is -2.34. The third-order valence-corrected chi connectivity index (χ3v) is 4.75. The number of hydrogen-bond donors (Lipinski definition) is 1. The number of carbonyl (C=O) groups excluding carboxylic acids is 2. The van der Waals surface area contributed by atoms with Crippen molar-refractivity contribution in [3.8, 4) is 5.75 Å². The molecule has 0 unspecified atom stereocenters. The molecule has 1 aliphatic heterocycles. The van der Waals surface area contributed by atoms with Crippen molar-refractivity contribution in [3.63, 3.8) is 0 Å². The van der Waals surface area contributed by atoms with Crippen LogP contribution in [0.2, 0.25) is 0 Å². The van der Waals surface area contributed by atoms with E-state index in [1.807, 2.05) is 18.2 Å². The quantitative estimate of drug-likeness (QED) is 0.820. The minimum Gasteiger partial charge on any atom is -0.508 e. The molecular weight excluding hydrogens is 344 g/mol. The molecule has 142 valence electrons. The van der Waals surface area contributed by atoms with Gasteiger partial charge in [0.2, 0.25) is 0 Å². The minimum absolute atomic E-state index is 0.0327. The fraction of sp³-hybridized carbons (Fsp3) is 0.333. The highest BCUT2D eigenvalue weighted by molar-refractivity contribution is 5.91. The molecule has 2 aromatic rings. The zero-order chi connectivity index (χ0) is 19.2. The first-order chi connectivity index (χ1) is 13.0. The van der Waals surface area contributed by atoms with E-state index >= 15 is 0 Å². The van der Waals surface area contributed by atoms with E-state index in [0.717, 1.165) is 19.6 Å². The molecule has 0 saturated carbocycles. The van der Waals surface area contributed by atoms with Crippen LogP contribution >= 0.6 is 0 Å². The normalized spacial score (nSPS) is 14.8. The van der Waals surface area contributed by atoms with Crippen molar-refractivity contribution in [3.05, 3.63) is 65.2 Å². The molecular formula is C21H24N2O4. The molecule has 0 aromatic heterocycles. The number of benzene rings is 2. The molecule has 1 amide bonds. The van der Waals surface area contributed by atoms with E-state index in [-0.39, 0.29) is 23.8 Å². The Labute approximate surface area is 159 Å². The number of phenolic OH excluding ortho intramolecular Hbond substituents is 1. The second kappa shape index (κ2) is 8.68. The van der Waals surface area contributed by atoms with Crippen LogP contribution in [0.1, 0.15) is 21.5 Å². The Hall–Kier alpha value is -2.86. The van der Waals surface area contributed by atoms with Gasteiger partial charge in [-0.05, 0) is 30.2 Å². The Kier molecular flexibility index (Phi) is 6.08. The van der Waals surface area contributed by atoms with E-state index in [9.17, 15) is 14.7 Å². The molecule has 0 spiro atoms. The van der Waals surface area contributed by atoms with Crippen LogP contribution in [0.5, 0.6) is 5.75 Å². The maximum atomic E-state index is 12.3. The fourth-order valence-corrected chi connectivity index (χ4v) is 3.04. The average molecular weight is 368 g/mol. The molecule has 0 radical (unpaired) electrons. The topological polar surface area (TPSA) is 70.1 Å². The predicted octanol–water partition coefficient (Wildman–Crippen LogP) is 2.20. The van der Waals surface area contributed by atoms with Gasteiger partial charge >= 0.3 is 5.97 Å². The Morgan fingerprint density at radius 3 is 2.41 bits per heavy atom.